The molecule has 0 bridgehead atoms. The number of nitrogens with zero attached hydrogens (tertiary/aromatic N) is 1. The van der Waals surface area contributed by atoms with Gasteiger partial charge in [0.15, 0.2) is 0 Å². The molecular formula is C27H41N3O4. The van der Waals surface area contributed by atoms with Crippen molar-refractivity contribution in [3.63, 3.8) is 0 Å². The third-order valence-electron chi connectivity index (χ3n) is 7.21. The molecule has 1 aromatic carbocycles. The zero-order valence-electron chi connectivity index (χ0n) is 21.4. The van der Waals surface area contributed by atoms with Gasteiger partial charge >= 0.3 is 5.97 Å². The number of hydrogen-bond acceptors (Lipinski definition) is 4. The Morgan fingerprint density at radius 1 is 1.15 bits per heavy atom. The lowest BCUT2D eigenvalue weighted by Crippen LogP contribution is -2.59. The smallest absolute Gasteiger partial charge is 0.331 e. The van der Waals surface area contributed by atoms with Gasteiger partial charge in [-0.25, -0.2) is 4.79 Å². The molecule has 7 heteroatoms. The first-order valence-corrected chi connectivity index (χ1v) is 12.3. The van der Waals surface area contributed by atoms with Gasteiger partial charge in [0, 0.05) is 18.0 Å². The molecule has 1 saturated carbocycles. The summed E-state index contributed by atoms with van der Waals surface area (Å²) in [5.74, 6) is -1.40. The first-order valence-electron chi connectivity index (χ1n) is 12.3. The van der Waals surface area contributed by atoms with E-state index in [0.29, 0.717) is 6.42 Å². The van der Waals surface area contributed by atoms with Gasteiger partial charge in [-0.1, -0.05) is 70.0 Å². The highest BCUT2D eigenvalue weighted by molar-refractivity contribution is 5.91. The fourth-order valence-electron chi connectivity index (χ4n) is 5.24. The minimum absolute atomic E-state index is 0.0151. The van der Waals surface area contributed by atoms with Crippen molar-refractivity contribution < 1.29 is 19.5 Å². The molecule has 0 radical (unpaired) electrons. The minimum atomic E-state index is -1.01. The summed E-state index contributed by atoms with van der Waals surface area (Å²) >= 11 is 0. The zero-order valence-corrected chi connectivity index (χ0v) is 21.4. The van der Waals surface area contributed by atoms with E-state index in [4.69, 9.17) is 0 Å². The summed E-state index contributed by atoms with van der Waals surface area (Å²) < 4.78 is 0. The molecule has 0 spiro atoms. The van der Waals surface area contributed by atoms with Crippen LogP contribution in [0.4, 0.5) is 0 Å². The van der Waals surface area contributed by atoms with E-state index < -0.39 is 18.1 Å². The number of carboxylic acid groups (broad SMARTS) is 1. The Morgan fingerprint density at radius 3 is 2.21 bits per heavy atom. The molecule has 3 atom stereocenters. The van der Waals surface area contributed by atoms with Crippen LogP contribution in [0.25, 0.3) is 0 Å². The summed E-state index contributed by atoms with van der Waals surface area (Å²) in [7, 11) is 3.47. The molecule has 1 aliphatic carbocycles. The predicted octanol–water partition coefficient (Wildman–Crippen LogP) is 3.50. The topological polar surface area (TPSA) is 98.7 Å². The zero-order chi connectivity index (χ0) is 25.5. The normalized spacial score (nSPS) is 18.3. The van der Waals surface area contributed by atoms with Gasteiger partial charge in [-0.2, -0.15) is 0 Å². The Hall–Kier alpha value is -2.67. The monoisotopic (exact) mass is 471 g/mol. The van der Waals surface area contributed by atoms with Crippen molar-refractivity contribution in [2.24, 2.45) is 5.92 Å². The van der Waals surface area contributed by atoms with Gasteiger partial charge in [-0.3, -0.25) is 9.59 Å². The number of amides is 2. The van der Waals surface area contributed by atoms with Crippen LogP contribution in [-0.4, -0.2) is 60.0 Å². The van der Waals surface area contributed by atoms with Gasteiger partial charge < -0.3 is 20.6 Å². The van der Waals surface area contributed by atoms with Crippen LogP contribution in [0.15, 0.2) is 42.0 Å². The maximum Gasteiger partial charge on any atom is 0.331 e. The van der Waals surface area contributed by atoms with Gasteiger partial charge in [-0.15, -0.1) is 0 Å². The molecule has 0 aromatic heterocycles. The van der Waals surface area contributed by atoms with Gasteiger partial charge in [-0.05, 0) is 44.7 Å². The predicted molar refractivity (Wildman–Crippen MR) is 134 cm³/mol. The van der Waals surface area contributed by atoms with Crippen LogP contribution in [0.1, 0.15) is 65.4 Å². The lowest BCUT2D eigenvalue weighted by atomic mass is 9.72. The second-order valence-corrected chi connectivity index (χ2v) is 9.76. The molecule has 1 aliphatic rings. The third kappa shape index (κ3) is 6.06. The summed E-state index contributed by atoms with van der Waals surface area (Å²) in [5.41, 5.74) is 1.03. The summed E-state index contributed by atoms with van der Waals surface area (Å²) in [6.45, 7) is 7.29. The molecule has 1 fully saturated rings. The molecule has 34 heavy (non-hydrogen) atoms. The van der Waals surface area contributed by atoms with Crippen molar-refractivity contribution >= 4 is 17.8 Å². The first kappa shape index (κ1) is 27.6. The maximum absolute atomic E-state index is 13.6. The van der Waals surface area contributed by atoms with Crippen molar-refractivity contribution in [2.45, 2.75) is 83.3 Å². The van der Waals surface area contributed by atoms with Crippen molar-refractivity contribution in [3.05, 3.63) is 47.5 Å². The molecule has 2 rings (SSSR count). The molecule has 3 N–H and O–H groups in total. The van der Waals surface area contributed by atoms with E-state index in [1.165, 1.54) is 6.92 Å². The van der Waals surface area contributed by atoms with Crippen molar-refractivity contribution in [3.8, 4) is 0 Å². The number of rotatable bonds is 11. The van der Waals surface area contributed by atoms with Crippen LogP contribution in [0, 0.1) is 5.92 Å². The molecule has 2 amide bonds. The van der Waals surface area contributed by atoms with Gasteiger partial charge in [0.2, 0.25) is 11.8 Å². The molecule has 0 heterocycles. The minimum Gasteiger partial charge on any atom is -0.478 e. The maximum atomic E-state index is 13.6. The lowest BCUT2D eigenvalue weighted by molar-refractivity contribution is -0.138. The Bertz CT molecular complexity index is 875. The lowest BCUT2D eigenvalue weighted by Gasteiger charge is -2.38. The van der Waals surface area contributed by atoms with E-state index in [9.17, 15) is 19.5 Å². The molecule has 1 aromatic rings. The summed E-state index contributed by atoms with van der Waals surface area (Å²) in [5, 5.41) is 15.5. The highest BCUT2D eigenvalue weighted by atomic mass is 16.4. The fraction of sp³-hybridized carbons (Fsp3) is 0.593. The number of benzene rings is 1. The van der Waals surface area contributed by atoms with Crippen LogP contribution in [-0.2, 0) is 19.8 Å². The van der Waals surface area contributed by atoms with Crippen LogP contribution >= 0.6 is 0 Å². The van der Waals surface area contributed by atoms with E-state index in [-0.39, 0.29) is 34.8 Å². The molecule has 0 saturated heterocycles. The molecule has 7 nitrogen and oxygen atoms in total. The molecule has 188 valence electrons. The van der Waals surface area contributed by atoms with Crippen molar-refractivity contribution in [1.82, 2.24) is 15.5 Å². The van der Waals surface area contributed by atoms with E-state index in [0.717, 1.165) is 31.2 Å². The third-order valence-corrected chi connectivity index (χ3v) is 7.21. The highest BCUT2D eigenvalue weighted by Gasteiger charge is 2.46. The fourth-order valence-corrected chi connectivity index (χ4v) is 5.24. The molecule has 1 unspecified atom stereocenters. The summed E-state index contributed by atoms with van der Waals surface area (Å²) in [6, 6.07) is 8.63. The van der Waals surface area contributed by atoms with Crippen molar-refractivity contribution in [2.75, 3.05) is 14.1 Å². The second-order valence-electron chi connectivity index (χ2n) is 9.76. The Labute approximate surface area is 204 Å². The van der Waals surface area contributed by atoms with E-state index in [1.807, 2.05) is 39.0 Å². The Balaban J connectivity index is 2.26. The number of hydrogen-bond donors (Lipinski definition) is 3. The van der Waals surface area contributed by atoms with Crippen LogP contribution in [0.3, 0.4) is 0 Å². The van der Waals surface area contributed by atoms with Crippen LogP contribution in [0.5, 0.6) is 0 Å². The molecule has 0 aliphatic heterocycles. The van der Waals surface area contributed by atoms with E-state index >= 15 is 0 Å². The van der Waals surface area contributed by atoms with Gasteiger partial charge in [0.05, 0.1) is 12.1 Å². The average Bonchev–Trinajstić information content (AvgIpc) is 3.31. The average molecular weight is 472 g/mol. The Kier molecular flexibility index (Phi) is 9.86. The largest absolute Gasteiger partial charge is 0.478 e. The number of carboxylic acids is 1. The van der Waals surface area contributed by atoms with E-state index in [1.54, 1.807) is 25.1 Å². The number of carbonyl (C=O) groups excluding carboxylic acids is 2. The quantitative estimate of drug-likeness (QED) is 0.429. The SMILES string of the molecule is CC[C@H](NC(=O)C(NC)C1(c2ccccc2)CCCC1)C(=O)N(C)[C@H](C=C(C)C(=O)O)C(C)C. The van der Waals surface area contributed by atoms with Gasteiger partial charge in [0.1, 0.15) is 6.04 Å². The number of aliphatic carboxylic acids is 1. The molecular weight excluding hydrogens is 430 g/mol. The first-order chi connectivity index (χ1) is 16.1. The summed E-state index contributed by atoms with van der Waals surface area (Å²) in [4.78, 5) is 39.9. The highest BCUT2D eigenvalue weighted by Crippen LogP contribution is 2.44. The number of likely N-dealkylation sites (N-methyl/N-ethyl adjacent to an activating group) is 2. The van der Waals surface area contributed by atoms with Gasteiger partial charge in [0.25, 0.3) is 0 Å². The Morgan fingerprint density at radius 2 is 1.74 bits per heavy atom. The number of carbonyl (C=O) groups is 3. The standard InChI is InChI=1S/C27H41N3O4/c1-7-21(25(32)30(6)22(18(2)3)17-19(4)26(33)34)29-24(31)23(28-5)27(15-11-12-16-27)20-13-9-8-10-14-20/h8-10,13-14,17-18,21-23,28H,7,11-12,15-16H2,1-6H3,(H,29,31)(H,33,34)/t21-,22+,23?/m0/s1. The summed E-state index contributed by atoms with van der Waals surface area (Å²) in [6.07, 6.45) is 5.99. The van der Waals surface area contributed by atoms with Crippen LogP contribution in [0.2, 0.25) is 0 Å². The van der Waals surface area contributed by atoms with E-state index in [2.05, 4.69) is 22.8 Å². The number of nitrogens with one attached hydrogen (secondary N) is 2. The van der Waals surface area contributed by atoms with Crippen molar-refractivity contribution in [1.29, 1.82) is 0 Å². The van der Waals surface area contributed by atoms with Crippen LogP contribution < -0.4 is 10.6 Å². The second kappa shape index (κ2) is 12.2.